The zero-order valence-electron chi connectivity index (χ0n) is 15.9. The Hall–Kier alpha value is -2.36. The first-order chi connectivity index (χ1) is 14.2. The monoisotopic (exact) mass is 429 g/mol. The Morgan fingerprint density at radius 3 is 2.97 bits per heavy atom. The van der Waals surface area contributed by atoms with Crippen molar-refractivity contribution in [1.29, 1.82) is 0 Å². The number of nitrogens with zero attached hydrogens (tertiary/aromatic N) is 3. The summed E-state index contributed by atoms with van der Waals surface area (Å²) in [5.41, 5.74) is 1.31. The van der Waals surface area contributed by atoms with Gasteiger partial charge in [-0.3, -0.25) is 9.69 Å². The van der Waals surface area contributed by atoms with Gasteiger partial charge in [0.2, 0.25) is 11.0 Å². The molecule has 0 spiro atoms. The third kappa shape index (κ3) is 6.06. The van der Waals surface area contributed by atoms with Gasteiger partial charge in [0.25, 0.3) is 0 Å². The van der Waals surface area contributed by atoms with Crippen LogP contribution in [0.1, 0.15) is 17.7 Å². The number of carbonyl (C=O) groups is 1. The van der Waals surface area contributed by atoms with Crippen molar-refractivity contribution in [1.82, 2.24) is 20.4 Å². The van der Waals surface area contributed by atoms with E-state index in [1.54, 1.807) is 6.26 Å². The van der Waals surface area contributed by atoms with Gasteiger partial charge in [0.15, 0.2) is 4.34 Å². The lowest BCUT2D eigenvalue weighted by molar-refractivity contribution is -0.119. The van der Waals surface area contributed by atoms with Gasteiger partial charge in [0.05, 0.1) is 18.6 Å². The molecule has 7 nitrogen and oxygen atoms in total. The van der Waals surface area contributed by atoms with Gasteiger partial charge >= 0.3 is 0 Å². The fourth-order valence-electron chi connectivity index (χ4n) is 3.25. The minimum Gasteiger partial charge on any atom is -0.467 e. The molecule has 4 rings (SSSR count). The second-order valence-corrected chi connectivity index (χ2v) is 9.07. The Balaban J connectivity index is 1.16. The van der Waals surface area contributed by atoms with Crippen LogP contribution in [0.15, 0.2) is 57.5 Å². The molecular weight excluding hydrogens is 406 g/mol. The van der Waals surface area contributed by atoms with Crippen LogP contribution in [0.5, 0.6) is 0 Å². The van der Waals surface area contributed by atoms with Crippen LogP contribution in [-0.4, -0.2) is 45.9 Å². The highest BCUT2D eigenvalue weighted by Gasteiger charge is 2.23. The van der Waals surface area contributed by atoms with Gasteiger partial charge in [0.1, 0.15) is 5.76 Å². The van der Waals surface area contributed by atoms with Gasteiger partial charge < -0.3 is 15.1 Å². The van der Waals surface area contributed by atoms with Crippen LogP contribution >= 0.6 is 23.1 Å². The van der Waals surface area contributed by atoms with Crippen molar-refractivity contribution in [2.24, 2.45) is 0 Å². The lowest BCUT2D eigenvalue weighted by Crippen LogP contribution is -2.37. The van der Waals surface area contributed by atoms with Crippen molar-refractivity contribution < 1.29 is 9.21 Å². The number of benzene rings is 1. The number of rotatable bonds is 9. The Morgan fingerprint density at radius 2 is 2.14 bits per heavy atom. The van der Waals surface area contributed by atoms with Crippen molar-refractivity contribution >= 4 is 34.1 Å². The van der Waals surface area contributed by atoms with E-state index in [0.717, 1.165) is 41.3 Å². The minimum absolute atomic E-state index is 0.0434. The van der Waals surface area contributed by atoms with E-state index in [9.17, 15) is 4.79 Å². The number of thioether (sulfide) groups is 1. The van der Waals surface area contributed by atoms with Crippen LogP contribution in [0.4, 0.5) is 5.13 Å². The summed E-state index contributed by atoms with van der Waals surface area (Å²) in [6.07, 6.45) is 2.63. The van der Waals surface area contributed by atoms with E-state index >= 15 is 0 Å². The molecule has 1 aliphatic rings. The number of nitrogens with one attached hydrogen (secondary N) is 2. The van der Waals surface area contributed by atoms with E-state index < -0.39 is 0 Å². The van der Waals surface area contributed by atoms with Crippen LogP contribution in [0.2, 0.25) is 0 Å². The van der Waals surface area contributed by atoms with E-state index in [0.29, 0.717) is 12.3 Å². The van der Waals surface area contributed by atoms with E-state index in [4.69, 9.17) is 4.42 Å². The van der Waals surface area contributed by atoms with E-state index in [2.05, 4.69) is 50.0 Å². The molecule has 3 heterocycles. The lowest BCUT2D eigenvalue weighted by Gasteiger charge is -2.16. The Labute approximate surface area is 177 Å². The van der Waals surface area contributed by atoms with Crippen LogP contribution in [0, 0.1) is 0 Å². The molecule has 0 saturated carbocycles. The van der Waals surface area contributed by atoms with Gasteiger partial charge in [-0.15, -0.1) is 10.2 Å². The maximum Gasteiger partial charge on any atom is 0.230 e. The third-order valence-corrected chi connectivity index (χ3v) is 6.63. The van der Waals surface area contributed by atoms with Gasteiger partial charge in [-0.2, -0.15) is 0 Å². The maximum absolute atomic E-state index is 12.3. The second kappa shape index (κ2) is 9.91. The fraction of sp³-hybridized carbons (Fsp3) is 0.350. The molecule has 9 heteroatoms. The van der Waals surface area contributed by atoms with Gasteiger partial charge in [-0.25, -0.2) is 0 Å². The largest absolute Gasteiger partial charge is 0.467 e. The minimum atomic E-state index is 0.0434. The molecule has 1 atom stereocenters. The summed E-state index contributed by atoms with van der Waals surface area (Å²) in [6.45, 7) is 3.40. The summed E-state index contributed by atoms with van der Waals surface area (Å²) in [5, 5.41) is 15.3. The van der Waals surface area contributed by atoms with Crippen LogP contribution in [-0.2, 0) is 17.9 Å². The highest BCUT2D eigenvalue weighted by atomic mass is 32.2. The number of carbonyl (C=O) groups excluding carboxylic acids is 1. The molecular formula is C20H23N5O2S2. The second-order valence-electron chi connectivity index (χ2n) is 6.87. The average Bonchev–Trinajstić information content (AvgIpc) is 3.48. The number of likely N-dealkylation sites (tertiary alicyclic amines) is 1. The highest BCUT2D eigenvalue weighted by molar-refractivity contribution is 8.01. The van der Waals surface area contributed by atoms with E-state index in [1.807, 2.05) is 18.2 Å². The van der Waals surface area contributed by atoms with E-state index in [-0.39, 0.29) is 11.9 Å². The van der Waals surface area contributed by atoms with Crippen molar-refractivity contribution in [3.63, 3.8) is 0 Å². The van der Waals surface area contributed by atoms with Gasteiger partial charge in [-0.1, -0.05) is 53.4 Å². The number of amides is 1. The maximum atomic E-state index is 12.3. The molecule has 0 aliphatic carbocycles. The number of hydrogen-bond acceptors (Lipinski definition) is 8. The summed E-state index contributed by atoms with van der Waals surface area (Å²) in [6, 6.07) is 14.4. The Kier molecular flexibility index (Phi) is 6.81. The van der Waals surface area contributed by atoms with Crippen molar-refractivity contribution in [3.05, 3.63) is 60.1 Å². The summed E-state index contributed by atoms with van der Waals surface area (Å²) in [7, 11) is 0. The van der Waals surface area contributed by atoms with Crippen LogP contribution < -0.4 is 10.6 Å². The first-order valence-electron chi connectivity index (χ1n) is 9.53. The summed E-state index contributed by atoms with van der Waals surface area (Å²) in [4.78, 5) is 14.7. The lowest BCUT2D eigenvalue weighted by atomic mass is 10.2. The Morgan fingerprint density at radius 1 is 1.24 bits per heavy atom. The quantitative estimate of drug-likeness (QED) is 0.505. The summed E-state index contributed by atoms with van der Waals surface area (Å²) in [5.74, 6) is 1.23. The van der Waals surface area contributed by atoms with E-state index in [1.165, 1.54) is 28.7 Å². The summed E-state index contributed by atoms with van der Waals surface area (Å²) >= 11 is 2.86. The first kappa shape index (κ1) is 19.9. The zero-order valence-corrected chi connectivity index (χ0v) is 17.5. The first-order valence-corrected chi connectivity index (χ1v) is 11.3. The molecule has 152 valence electrons. The molecule has 0 bridgehead atoms. The number of anilines is 1. The molecule has 1 saturated heterocycles. The SMILES string of the molecule is O=C(CSc1nnc(NCc2ccco2)s1)NC1CCN(Cc2ccccc2)C1. The standard InChI is InChI=1S/C20H23N5O2S2/c26-18(22-16-8-9-25(13-16)12-15-5-2-1-3-6-15)14-28-20-24-23-19(29-20)21-11-17-7-4-10-27-17/h1-7,10,16H,8-9,11-14H2,(H,21,23)(H,22,26). The molecule has 1 aromatic carbocycles. The molecule has 2 aromatic heterocycles. The predicted octanol–water partition coefficient (Wildman–Crippen LogP) is 3.23. The molecule has 0 radical (unpaired) electrons. The molecule has 29 heavy (non-hydrogen) atoms. The van der Waals surface area contributed by atoms with Gasteiger partial charge in [-0.05, 0) is 24.1 Å². The highest BCUT2D eigenvalue weighted by Crippen LogP contribution is 2.25. The molecule has 1 unspecified atom stereocenters. The van der Waals surface area contributed by atoms with Crippen molar-refractivity contribution in [2.45, 2.75) is 29.9 Å². The average molecular weight is 430 g/mol. The van der Waals surface area contributed by atoms with Crippen LogP contribution in [0.3, 0.4) is 0 Å². The fourth-order valence-corrected chi connectivity index (χ4v) is 4.81. The topological polar surface area (TPSA) is 83.3 Å². The van der Waals surface area contributed by atoms with Crippen molar-refractivity contribution in [3.8, 4) is 0 Å². The zero-order chi connectivity index (χ0) is 19.9. The number of aromatic nitrogens is 2. The van der Waals surface area contributed by atoms with Crippen molar-refractivity contribution in [2.75, 3.05) is 24.2 Å². The smallest absolute Gasteiger partial charge is 0.230 e. The number of furan rings is 1. The molecule has 1 aliphatic heterocycles. The summed E-state index contributed by atoms with van der Waals surface area (Å²) < 4.78 is 6.05. The Bertz CT molecular complexity index is 901. The molecule has 2 N–H and O–H groups in total. The molecule has 1 fully saturated rings. The van der Waals surface area contributed by atoms with Gasteiger partial charge in [0, 0.05) is 25.7 Å². The van der Waals surface area contributed by atoms with Crippen LogP contribution in [0.25, 0.3) is 0 Å². The molecule has 3 aromatic rings. The predicted molar refractivity (Wildman–Crippen MR) is 115 cm³/mol. The normalized spacial score (nSPS) is 16.8. The number of hydrogen-bond donors (Lipinski definition) is 2. The molecule has 1 amide bonds. The third-order valence-electron chi connectivity index (χ3n) is 4.61.